The molecule has 3 aromatic heterocycles. The van der Waals surface area contributed by atoms with E-state index in [0.29, 0.717) is 12.4 Å². The van der Waals surface area contributed by atoms with Crippen LogP contribution in [0.5, 0.6) is 5.88 Å². The number of nitrogens with one attached hydrogen (secondary N) is 1. The van der Waals surface area contributed by atoms with Crippen LogP contribution < -0.4 is 10.1 Å². The van der Waals surface area contributed by atoms with Crippen LogP contribution in [0.3, 0.4) is 0 Å². The van der Waals surface area contributed by atoms with Crippen molar-refractivity contribution in [3.05, 3.63) is 53.8 Å². The third-order valence-electron chi connectivity index (χ3n) is 2.85. The number of hydrogen-bond acceptors (Lipinski definition) is 6. The van der Waals surface area contributed by atoms with Gasteiger partial charge in [-0.05, 0) is 18.2 Å². The summed E-state index contributed by atoms with van der Waals surface area (Å²) < 4.78 is 5.03. The van der Waals surface area contributed by atoms with Gasteiger partial charge < -0.3 is 10.1 Å². The Balaban J connectivity index is 1.64. The van der Waals surface area contributed by atoms with E-state index in [0.717, 1.165) is 22.1 Å². The maximum atomic E-state index is 5.03. The number of hydrogen-bond donors (Lipinski definition) is 1. The predicted molar refractivity (Wildman–Crippen MR) is 83.5 cm³/mol. The molecule has 1 N–H and O–H groups in total. The molecule has 6 heteroatoms. The Morgan fingerprint density at radius 1 is 1.19 bits per heavy atom. The first-order valence-electron chi connectivity index (χ1n) is 6.45. The van der Waals surface area contributed by atoms with E-state index in [-0.39, 0.29) is 0 Å². The Bertz CT molecular complexity index is 697. The second-order valence-electron chi connectivity index (χ2n) is 4.30. The summed E-state index contributed by atoms with van der Waals surface area (Å²) in [5.41, 5.74) is 2.82. The Hall–Kier alpha value is -2.47. The zero-order valence-corrected chi connectivity index (χ0v) is 12.3. The molecular weight excluding hydrogens is 284 g/mol. The lowest BCUT2D eigenvalue weighted by Gasteiger charge is -2.04. The zero-order valence-electron chi connectivity index (χ0n) is 11.5. The van der Waals surface area contributed by atoms with Gasteiger partial charge in [0, 0.05) is 17.6 Å². The largest absolute Gasteiger partial charge is 0.481 e. The van der Waals surface area contributed by atoms with Gasteiger partial charge in [-0.1, -0.05) is 6.07 Å². The molecule has 0 radical (unpaired) electrons. The number of aromatic nitrogens is 3. The van der Waals surface area contributed by atoms with E-state index >= 15 is 0 Å². The van der Waals surface area contributed by atoms with Crippen molar-refractivity contribution in [1.82, 2.24) is 15.0 Å². The van der Waals surface area contributed by atoms with Crippen LogP contribution in [0.4, 0.5) is 5.69 Å². The standard InChI is InChI=1S/C15H14N4OS/c1-20-14-6-5-11(8-18-14)17-9-12-10-21-15(19-12)13-4-2-3-7-16-13/h2-8,10,17H,9H2,1H3. The maximum Gasteiger partial charge on any atom is 0.213 e. The topological polar surface area (TPSA) is 59.9 Å². The molecule has 0 spiro atoms. The minimum absolute atomic E-state index is 0.603. The van der Waals surface area contributed by atoms with Crippen molar-refractivity contribution in [3.8, 4) is 16.6 Å². The lowest BCUT2D eigenvalue weighted by Crippen LogP contribution is -2.00. The third-order valence-corrected chi connectivity index (χ3v) is 3.77. The highest BCUT2D eigenvalue weighted by Gasteiger charge is 2.05. The van der Waals surface area contributed by atoms with E-state index in [1.165, 1.54) is 0 Å². The molecule has 3 aromatic rings. The van der Waals surface area contributed by atoms with Crippen LogP contribution in [0, 0.1) is 0 Å². The van der Waals surface area contributed by atoms with Gasteiger partial charge in [0.05, 0.1) is 36.9 Å². The first-order valence-corrected chi connectivity index (χ1v) is 7.33. The molecule has 0 aromatic carbocycles. The Kier molecular flexibility index (Phi) is 4.07. The number of nitrogens with zero attached hydrogens (tertiary/aromatic N) is 3. The van der Waals surface area contributed by atoms with Crippen molar-refractivity contribution in [1.29, 1.82) is 0 Å². The van der Waals surface area contributed by atoms with Gasteiger partial charge in [0.25, 0.3) is 0 Å². The minimum atomic E-state index is 0.603. The van der Waals surface area contributed by atoms with E-state index in [4.69, 9.17) is 4.74 Å². The van der Waals surface area contributed by atoms with Crippen molar-refractivity contribution < 1.29 is 4.74 Å². The zero-order chi connectivity index (χ0) is 14.5. The smallest absolute Gasteiger partial charge is 0.213 e. The fraction of sp³-hybridized carbons (Fsp3) is 0.133. The molecular formula is C15H14N4OS. The number of rotatable bonds is 5. The van der Waals surface area contributed by atoms with Gasteiger partial charge in [0.1, 0.15) is 5.01 Å². The average molecular weight is 298 g/mol. The first-order chi connectivity index (χ1) is 10.3. The van der Waals surface area contributed by atoms with Crippen molar-refractivity contribution in [3.63, 3.8) is 0 Å². The molecule has 0 bridgehead atoms. The van der Waals surface area contributed by atoms with E-state index in [1.54, 1.807) is 30.8 Å². The van der Waals surface area contributed by atoms with Crippen LogP contribution in [-0.2, 0) is 6.54 Å². The second-order valence-corrected chi connectivity index (χ2v) is 5.16. The highest BCUT2D eigenvalue weighted by atomic mass is 32.1. The van der Waals surface area contributed by atoms with Gasteiger partial charge in [-0.25, -0.2) is 9.97 Å². The molecule has 0 unspecified atom stereocenters. The van der Waals surface area contributed by atoms with Gasteiger partial charge in [-0.3, -0.25) is 4.98 Å². The third kappa shape index (κ3) is 3.35. The molecule has 0 amide bonds. The van der Waals surface area contributed by atoms with Crippen molar-refractivity contribution in [2.24, 2.45) is 0 Å². The molecule has 106 valence electrons. The number of anilines is 1. The average Bonchev–Trinajstić information content (AvgIpc) is 3.03. The van der Waals surface area contributed by atoms with E-state index in [2.05, 4.69) is 20.3 Å². The van der Waals surface area contributed by atoms with Crippen LogP contribution in [0.15, 0.2) is 48.1 Å². The molecule has 0 fully saturated rings. The number of pyridine rings is 2. The fourth-order valence-corrected chi connectivity index (χ4v) is 2.59. The Morgan fingerprint density at radius 2 is 2.14 bits per heavy atom. The molecule has 3 heterocycles. The minimum Gasteiger partial charge on any atom is -0.481 e. The lowest BCUT2D eigenvalue weighted by atomic mass is 10.3. The van der Waals surface area contributed by atoms with Crippen LogP contribution >= 0.6 is 11.3 Å². The molecule has 0 atom stereocenters. The van der Waals surface area contributed by atoms with Crippen molar-refractivity contribution in [2.75, 3.05) is 12.4 Å². The Morgan fingerprint density at radius 3 is 2.86 bits per heavy atom. The number of thiazole rings is 1. The van der Waals surface area contributed by atoms with Crippen molar-refractivity contribution in [2.45, 2.75) is 6.54 Å². The van der Waals surface area contributed by atoms with Crippen LogP contribution in [0.1, 0.15) is 5.69 Å². The van der Waals surface area contributed by atoms with Crippen molar-refractivity contribution >= 4 is 17.0 Å². The predicted octanol–water partition coefficient (Wildman–Crippen LogP) is 3.22. The quantitative estimate of drug-likeness (QED) is 0.783. The van der Waals surface area contributed by atoms with Crippen LogP contribution in [0.25, 0.3) is 10.7 Å². The summed E-state index contributed by atoms with van der Waals surface area (Å²) in [7, 11) is 1.60. The van der Waals surface area contributed by atoms with Gasteiger partial charge in [-0.15, -0.1) is 11.3 Å². The number of ether oxygens (including phenoxy) is 1. The van der Waals surface area contributed by atoms with Gasteiger partial charge >= 0.3 is 0 Å². The highest BCUT2D eigenvalue weighted by molar-refractivity contribution is 7.13. The van der Waals surface area contributed by atoms with E-state index in [1.807, 2.05) is 35.7 Å². The molecule has 0 aliphatic carbocycles. The molecule has 0 saturated carbocycles. The molecule has 0 saturated heterocycles. The normalized spacial score (nSPS) is 10.3. The summed E-state index contributed by atoms with van der Waals surface area (Å²) in [6.45, 7) is 0.650. The van der Waals surface area contributed by atoms with E-state index in [9.17, 15) is 0 Å². The maximum absolute atomic E-state index is 5.03. The summed E-state index contributed by atoms with van der Waals surface area (Å²) in [6.07, 6.45) is 3.52. The second kappa shape index (κ2) is 6.32. The van der Waals surface area contributed by atoms with Gasteiger partial charge in [0.2, 0.25) is 5.88 Å². The monoisotopic (exact) mass is 298 g/mol. The van der Waals surface area contributed by atoms with E-state index < -0.39 is 0 Å². The van der Waals surface area contributed by atoms with Gasteiger partial charge in [0.15, 0.2) is 0 Å². The first kappa shape index (κ1) is 13.5. The van der Waals surface area contributed by atoms with Crippen LogP contribution in [0.2, 0.25) is 0 Å². The van der Waals surface area contributed by atoms with Gasteiger partial charge in [-0.2, -0.15) is 0 Å². The summed E-state index contributed by atoms with van der Waals surface area (Å²) in [4.78, 5) is 13.0. The fourth-order valence-electron chi connectivity index (χ4n) is 1.79. The van der Waals surface area contributed by atoms with Crippen LogP contribution in [-0.4, -0.2) is 22.1 Å². The summed E-state index contributed by atoms with van der Waals surface area (Å²) in [6, 6.07) is 9.57. The Labute approximate surface area is 126 Å². The molecule has 0 aliphatic rings. The number of methoxy groups -OCH3 is 1. The molecule has 3 rings (SSSR count). The summed E-state index contributed by atoms with van der Waals surface area (Å²) >= 11 is 1.59. The summed E-state index contributed by atoms with van der Waals surface area (Å²) in [5.74, 6) is 0.603. The lowest BCUT2D eigenvalue weighted by molar-refractivity contribution is 0.398. The molecule has 21 heavy (non-hydrogen) atoms. The SMILES string of the molecule is COc1ccc(NCc2csc(-c3ccccn3)n2)cn1. The molecule has 5 nitrogen and oxygen atoms in total. The highest BCUT2D eigenvalue weighted by Crippen LogP contribution is 2.22. The summed E-state index contributed by atoms with van der Waals surface area (Å²) in [5, 5.41) is 6.25. The molecule has 0 aliphatic heterocycles.